The first-order chi connectivity index (χ1) is 10.5. The molecule has 1 saturated heterocycles. The standard InChI is InChI=1S/C14H20BrN3O4/c1-4-22-14(20)9-5-7-18(8-6-9)12(19)11-10(15)13(21-3)17(2)16-11/h9H,4-8H2,1-3H3. The van der Waals surface area contributed by atoms with Gasteiger partial charge in [-0.2, -0.15) is 5.10 Å². The molecule has 0 atom stereocenters. The van der Waals surface area contributed by atoms with Crippen molar-refractivity contribution in [2.24, 2.45) is 13.0 Å². The Morgan fingerprint density at radius 2 is 2.00 bits per heavy atom. The van der Waals surface area contributed by atoms with Gasteiger partial charge >= 0.3 is 5.97 Å². The van der Waals surface area contributed by atoms with Crippen molar-refractivity contribution < 1.29 is 19.1 Å². The average Bonchev–Trinajstić information content (AvgIpc) is 2.81. The van der Waals surface area contributed by atoms with Crippen LogP contribution in [-0.4, -0.2) is 53.4 Å². The molecule has 0 saturated carbocycles. The van der Waals surface area contributed by atoms with Crippen LogP contribution >= 0.6 is 15.9 Å². The van der Waals surface area contributed by atoms with Gasteiger partial charge < -0.3 is 14.4 Å². The van der Waals surface area contributed by atoms with Gasteiger partial charge in [0.05, 0.1) is 19.6 Å². The topological polar surface area (TPSA) is 73.7 Å². The molecule has 122 valence electrons. The molecule has 1 aliphatic heterocycles. The predicted octanol–water partition coefficient (Wildman–Crippen LogP) is 1.61. The Morgan fingerprint density at radius 3 is 2.50 bits per heavy atom. The lowest BCUT2D eigenvalue weighted by atomic mass is 9.97. The van der Waals surface area contributed by atoms with E-state index in [2.05, 4.69) is 21.0 Å². The molecule has 1 amide bonds. The molecule has 7 nitrogen and oxygen atoms in total. The number of hydrogen-bond donors (Lipinski definition) is 0. The van der Waals surface area contributed by atoms with Crippen molar-refractivity contribution in [2.45, 2.75) is 19.8 Å². The van der Waals surface area contributed by atoms with Crippen LogP contribution in [0.5, 0.6) is 5.88 Å². The maximum Gasteiger partial charge on any atom is 0.309 e. The molecular weight excluding hydrogens is 354 g/mol. The molecule has 2 rings (SSSR count). The number of aryl methyl sites for hydroxylation is 1. The van der Waals surface area contributed by atoms with Crippen LogP contribution in [-0.2, 0) is 16.6 Å². The Hall–Kier alpha value is -1.57. The van der Waals surface area contributed by atoms with E-state index in [1.54, 1.807) is 18.9 Å². The number of hydrogen-bond acceptors (Lipinski definition) is 5. The lowest BCUT2D eigenvalue weighted by Gasteiger charge is -2.30. The smallest absolute Gasteiger partial charge is 0.309 e. The number of ether oxygens (including phenoxy) is 2. The molecule has 0 bridgehead atoms. The predicted molar refractivity (Wildman–Crippen MR) is 82.7 cm³/mol. The Balaban J connectivity index is 2.02. The Bertz CT molecular complexity index is 565. The van der Waals surface area contributed by atoms with Crippen LogP contribution in [0.3, 0.4) is 0 Å². The van der Waals surface area contributed by atoms with E-state index in [-0.39, 0.29) is 17.8 Å². The number of likely N-dealkylation sites (tertiary alicyclic amines) is 1. The fourth-order valence-corrected chi connectivity index (χ4v) is 3.24. The van der Waals surface area contributed by atoms with Crippen LogP contribution in [0.4, 0.5) is 0 Å². The number of amides is 1. The molecule has 0 aliphatic carbocycles. The summed E-state index contributed by atoms with van der Waals surface area (Å²) in [4.78, 5) is 26.0. The van der Waals surface area contributed by atoms with Gasteiger partial charge in [0.1, 0.15) is 4.47 Å². The molecule has 22 heavy (non-hydrogen) atoms. The minimum atomic E-state index is -0.171. The zero-order valence-corrected chi connectivity index (χ0v) is 14.6. The molecule has 1 fully saturated rings. The summed E-state index contributed by atoms with van der Waals surface area (Å²) < 4.78 is 12.3. The van der Waals surface area contributed by atoms with Crippen LogP contribution in [0, 0.1) is 5.92 Å². The second kappa shape index (κ2) is 7.13. The molecule has 1 aromatic heterocycles. The summed E-state index contributed by atoms with van der Waals surface area (Å²) in [5, 5.41) is 4.20. The molecule has 1 aliphatic rings. The molecule has 0 radical (unpaired) electrons. The van der Waals surface area contributed by atoms with Gasteiger partial charge in [0, 0.05) is 20.1 Å². The van der Waals surface area contributed by atoms with Crippen molar-refractivity contribution in [3.63, 3.8) is 0 Å². The number of methoxy groups -OCH3 is 1. The third-order valence-electron chi connectivity index (χ3n) is 3.74. The summed E-state index contributed by atoms with van der Waals surface area (Å²) in [7, 11) is 3.24. The number of piperidine rings is 1. The zero-order valence-electron chi connectivity index (χ0n) is 13.0. The fourth-order valence-electron chi connectivity index (χ4n) is 2.57. The van der Waals surface area contributed by atoms with Gasteiger partial charge in [-0.1, -0.05) is 0 Å². The monoisotopic (exact) mass is 373 g/mol. The van der Waals surface area contributed by atoms with E-state index in [1.807, 2.05) is 0 Å². The van der Waals surface area contributed by atoms with Gasteiger partial charge in [0.2, 0.25) is 5.88 Å². The van der Waals surface area contributed by atoms with Crippen LogP contribution in [0.2, 0.25) is 0 Å². The van der Waals surface area contributed by atoms with E-state index < -0.39 is 0 Å². The third-order valence-corrected chi connectivity index (χ3v) is 4.45. The summed E-state index contributed by atoms with van der Waals surface area (Å²) in [6.45, 7) is 3.22. The average molecular weight is 374 g/mol. The Morgan fingerprint density at radius 1 is 1.36 bits per heavy atom. The van der Waals surface area contributed by atoms with Crippen molar-refractivity contribution in [1.29, 1.82) is 0 Å². The second-order valence-corrected chi connectivity index (χ2v) is 5.91. The number of rotatable bonds is 4. The first-order valence-corrected chi connectivity index (χ1v) is 8.01. The van der Waals surface area contributed by atoms with Crippen LogP contribution in [0.15, 0.2) is 4.47 Å². The summed E-state index contributed by atoms with van der Waals surface area (Å²) in [5.74, 6) is 0.0545. The number of carbonyl (C=O) groups excluding carboxylic acids is 2. The highest BCUT2D eigenvalue weighted by molar-refractivity contribution is 9.10. The molecule has 8 heteroatoms. The van der Waals surface area contributed by atoms with Gasteiger partial charge in [-0.15, -0.1) is 0 Å². The highest BCUT2D eigenvalue weighted by Crippen LogP contribution is 2.29. The number of halogens is 1. The molecule has 0 unspecified atom stereocenters. The highest BCUT2D eigenvalue weighted by Gasteiger charge is 2.31. The first kappa shape index (κ1) is 16.8. The molecule has 1 aromatic rings. The number of carbonyl (C=O) groups is 2. The molecule has 0 aromatic carbocycles. The van der Waals surface area contributed by atoms with Crippen LogP contribution < -0.4 is 4.74 Å². The normalized spacial score (nSPS) is 15.7. The quantitative estimate of drug-likeness (QED) is 0.749. The van der Waals surface area contributed by atoms with Crippen molar-refractivity contribution in [3.05, 3.63) is 10.2 Å². The first-order valence-electron chi connectivity index (χ1n) is 7.22. The minimum Gasteiger partial charge on any atom is -0.480 e. The van der Waals surface area contributed by atoms with E-state index >= 15 is 0 Å². The van der Waals surface area contributed by atoms with Gasteiger partial charge in [-0.3, -0.25) is 9.59 Å². The number of esters is 1. The Labute approximate surface area is 137 Å². The molecule has 0 N–H and O–H groups in total. The maximum absolute atomic E-state index is 12.6. The van der Waals surface area contributed by atoms with Crippen molar-refractivity contribution in [3.8, 4) is 5.88 Å². The van der Waals surface area contributed by atoms with Crippen LogP contribution in [0.1, 0.15) is 30.3 Å². The van der Waals surface area contributed by atoms with E-state index in [0.29, 0.717) is 48.6 Å². The van der Waals surface area contributed by atoms with E-state index in [1.165, 1.54) is 11.8 Å². The van der Waals surface area contributed by atoms with Crippen molar-refractivity contribution in [2.75, 3.05) is 26.8 Å². The molecule has 2 heterocycles. The summed E-state index contributed by atoms with van der Waals surface area (Å²) in [6, 6.07) is 0. The number of aromatic nitrogens is 2. The van der Waals surface area contributed by atoms with Crippen LogP contribution in [0.25, 0.3) is 0 Å². The third kappa shape index (κ3) is 3.26. The van der Waals surface area contributed by atoms with E-state index in [9.17, 15) is 9.59 Å². The summed E-state index contributed by atoms with van der Waals surface area (Å²) in [6.07, 6.45) is 1.23. The highest BCUT2D eigenvalue weighted by atomic mass is 79.9. The SMILES string of the molecule is CCOC(=O)C1CCN(C(=O)c2nn(C)c(OC)c2Br)CC1. The zero-order chi connectivity index (χ0) is 16.3. The fraction of sp³-hybridized carbons (Fsp3) is 0.643. The Kier molecular flexibility index (Phi) is 5.44. The van der Waals surface area contributed by atoms with Crippen molar-refractivity contribution in [1.82, 2.24) is 14.7 Å². The van der Waals surface area contributed by atoms with Crippen molar-refractivity contribution >= 4 is 27.8 Å². The van der Waals surface area contributed by atoms with Gasteiger partial charge in [0.15, 0.2) is 5.69 Å². The largest absolute Gasteiger partial charge is 0.480 e. The summed E-state index contributed by atoms with van der Waals surface area (Å²) in [5.41, 5.74) is 0.328. The van der Waals surface area contributed by atoms with Gasteiger partial charge in [0.25, 0.3) is 5.91 Å². The van der Waals surface area contributed by atoms with E-state index in [4.69, 9.17) is 9.47 Å². The lowest BCUT2D eigenvalue weighted by Crippen LogP contribution is -2.41. The van der Waals surface area contributed by atoms with E-state index in [0.717, 1.165) is 0 Å². The molecule has 0 spiro atoms. The second-order valence-electron chi connectivity index (χ2n) is 5.11. The lowest BCUT2D eigenvalue weighted by molar-refractivity contribution is -0.149. The summed E-state index contributed by atoms with van der Waals surface area (Å²) >= 11 is 3.36. The molecular formula is C14H20BrN3O4. The maximum atomic E-state index is 12.6. The minimum absolute atomic E-state index is 0.120. The number of nitrogens with zero attached hydrogens (tertiary/aromatic N) is 3. The van der Waals surface area contributed by atoms with Gasteiger partial charge in [-0.25, -0.2) is 4.68 Å². The van der Waals surface area contributed by atoms with Gasteiger partial charge in [-0.05, 0) is 35.7 Å².